The molecule has 0 unspecified atom stereocenters. The second-order valence-corrected chi connectivity index (χ2v) is 7.17. The lowest BCUT2D eigenvalue weighted by molar-refractivity contribution is 0.0964. The van der Waals surface area contributed by atoms with Gasteiger partial charge in [0.15, 0.2) is 5.78 Å². The maximum atomic E-state index is 12.6. The number of carbonyl (C=O) groups is 1. The Balaban J connectivity index is 1.77. The summed E-state index contributed by atoms with van der Waals surface area (Å²) >= 11 is 3.19. The number of methoxy groups -OCH3 is 1. The maximum absolute atomic E-state index is 12.6. The lowest BCUT2D eigenvalue weighted by Crippen LogP contribution is -2.16. The fourth-order valence-electron chi connectivity index (χ4n) is 2.28. The third-order valence-corrected chi connectivity index (χ3v) is 5.35. The molecule has 1 aromatic heterocycles. The third kappa shape index (κ3) is 4.13. The standard InChI is InChI=1S/C19H17NO2S2/c1-22-19(20-24-17-11-6-12-23-17)16-10-5-9-15(13-16)18(21)14-7-3-2-4-8-14/h2-13,19-20H,1H3/t19-/m1/s1. The van der Waals surface area contributed by atoms with Crippen molar-refractivity contribution >= 4 is 29.1 Å². The predicted octanol–water partition coefficient (Wildman–Crippen LogP) is 4.92. The average Bonchev–Trinajstić information content (AvgIpc) is 3.16. The first-order valence-corrected chi connectivity index (χ1v) is 9.16. The number of nitrogens with one attached hydrogen (secondary N) is 1. The Morgan fingerprint density at radius 2 is 1.83 bits per heavy atom. The quantitative estimate of drug-likeness (QED) is 0.371. The summed E-state index contributed by atoms with van der Waals surface area (Å²) in [4.78, 5) is 12.6. The van der Waals surface area contributed by atoms with Gasteiger partial charge in [-0.25, -0.2) is 4.72 Å². The smallest absolute Gasteiger partial charge is 0.193 e. The molecule has 2 aromatic carbocycles. The number of hydrogen-bond donors (Lipinski definition) is 1. The van der Waals surface area contributed by atoms with E-state index in [-0.39, 0.29) is 12.0 Å². The van der Waals surface area contributed by atoms with E-state index >= 15 is 0 Å². The molecule has 0 saturated heterocycles. The first-order chi connectivity index (χ1) is 11.8. The highest BCUT2D eigenvalue weighted by Gasteiger charge is 2.14. The molecule has 122 valence electrons. The highest BCUT2D eigenvalue weighted by molar-refractivity contribution is 7.99. The van der Waals surface area contributed by atoms with E-state index in [0.29, 0.717) is 11.1 Å². The van der Waals surface area contributed by atoms with E-state index in [1.807, 2.05) is 72.1 Å². The molecular weight excluding hydrogens is 338 g/mol. The molecule has 3 nitrogen and oxygen atoms in total. The minimum absolute atomic E-state index is 0.0122. The third-order valence-electron chi connectivity index (χ3n) is 3.48. The first-order valence-electron chi connectivity index (χ1n) is 7.46. The molecule has 0 aliphatic rings. The lowest BCUT2D eigenvalue weighted by atomic mass is 10.0. The number of hydrogen-bond acceptors (Lipinski definition) is 5. The molecular formula is C19H17NO2S2. The van der Waals surface area contributed by atoms with E-state index in [0.717, 1.165) is 9.77 Å². The number of ketones is 1. The predicted molar refractivity (Wildman–Crippen MR) is 99.4 cm³/mol. The van der Waals surface area contributed by atoms with E-state index in [1.54, 1.807) is 18.4 Å². The van der Waals surface area contributed by atoms with Gasteiger partial charge >= 0.3 is 0 Å². The molecule has 3 rings (SSSR count). The number of ether oxygens (including phenoxy) is 1. The van der Waals surface area contributed by atoms with Gasteiger partial charge in [0.25, 0.3) is 0 Å². The minimum Gasteiger partial charge on any atom is -0.361 e. The van der Waals surface area contributed by atoms with Gasteiger partial charge in [-0.3, -0.25) is 4.79 Å². The van der Waals surface area contributed by atoms with Crippen molar-refractivity contribution in [2.24, 2.45) is 0 Å². The largest absolute Gasteiger partial charge is 0.361 e. The number of rotatable bonds is 7. The summed E-state index contributed by atoms with van der Waals surface area (Å²) < 4.78 is 9.98. The van der Waals surface area contributed by atoms with E-state index < -0.39 is 0 Å². The van der Waals surface area contributed by atoms with Gasteiger partial charge in [-0.1, -0.05) is 54.6 Å². The minimum atomic E-state index is -0.291. The Labute approximate surface area is 149 Å². The van der Waals surface area contributed by atoms with Crippen molar-refractivity contribution in [2.75, 3.05) is 7.11 Å². The summed E-state index contributed by atoms with van der Waals surface area (Å²) in [6.45, 7) is 0. The van der Waals surface area contributed by atoms with Crippen LogP contribution in [0, 0.1) is 0 Å². The fraction of sp³-hybridized carbons (Fsp3) is 0.105. The molecule has 0 bridgehead atoms. The van der Waals surface area contributed by atoms with Crippen LogP contribution in [0.1, 0.15) is 27.7 Å². The molecule has 0 aliphatic heterocycles. The molecule has 0 saturated carbocycles. The molecule has 3 aromatic rings. The van der Waals surface area contributed by atoms with Gasteiger partial charge in [0.1, 0.15) is 6.23 Å². The topological polar surface area (TPSA) is 38.3 Å². The normalized spacial score (nSPS) is 12.0. The van der Waals surface area contributed by atoms with Crippen LogP contribution in [-0.4, -0.2) is 12.9 Å². The zero-order valence-electron chi connectivity index (χ0n) is 13.1. The highest BCUT2D eigenvalue weighted by Crippen LogP contribution is 2.26. The summed E-state index contributed by atoms with van der Waals surface area (Å²) in [7, 11) is 1.65. The average molecular weight is 355 g/mol. The van der Waals surface area contributed by atoms with Crippen LogP contribution in [0.3, 0.4) is 0 Å². The van der Waals surface area contributed by atoms with Crippen LogP contribution in [0.25, 0.3) is 0 Å². The molecule has 0 spiro atoms. The monoisotopic (exact) mass is 355 g/mol. The zero-order chi connectivity index (χ0) is 16.8. The van der Waals surface area contributed by atoms with Crippen LogP contribution < -0.4 is 4.72 Å². The van der Waals surface area contributed by atoms with Crippen molar-refractivity contribution in [3.63, 3.8) is 0 Å². The van der Waals surface area contributed by atoms with Gasteiger partial charge in [-0.2, -0.15) is 0 Å². The first kappa shape index (κ1) is 16.9. The van der Waals surface area contributed by atoms with Gasteiger partial charge in [-0.05, 0) is 35.0 Å². The number of thiophene rings is 1. The molecule has 1 heterocycles. The van der Waals surface area contributed by atoms with Crippen LogP contribution in [0.2, 0.25) is 0 Å². The van der Waals surface area contributed by atoms with Crippen molar-refractivity contribution in [1.82, 2.24) is 4.72 Å². The molecule has 0 radical (unpaired) electrons. The Hall–Kier alpha value is -1.92. The van der Waals surface area contributed by atoms with Crippen LogP contribution in [0.15, 0.2) is 76.3 Å². The number of benzene rings is 2. The van der Waals surface area contributed by atoms with Crippen LogP contribution in [-0.2, 0) is 4.74 Å². The van der Waals surface area contributed by atoms with Crippen molar-refractivity contribution in [3.05, 3.63) is 88.8 Å². The molecule has 5 heteroatoms. The van der Waals surface area contributed by atoms with E-state index in [2.05, 4.69) is 4.72 Å². The summed E-state index contributed by atoms with van der Waals surface area (Å²) in [6.07, 6.45) is -0.291. The van der Waals surface area contributed by atoms with Gasteiger partial charge in [0.05, 0.1) is 4.21 Å². The SMILES string of the molecule is CO[C@@H](NSc1cccs1)c1cccc(C(=O)c2ccccc2)c1. The summed E-state index contributed by atoms with van der Waals surface area (Å²) in [5.74, 6) is 0.0122. The highest BCUT2D eigenvalue weighted by atomic mass is 32.2. The van der Waals surface area contributed by atoms with Crippen LogP contribution in [0.5, 0.6) is 0 Å². The second kappa shape index (κ2) is 8.26. The van der Waals surface area contributed by atoms with Crippen molar-refractivity contribution in [3.8, 4) is 0 Å². The summed E-state index contributed by atoms with van der Waals surface area (Å²) in [6, 6.07) is 20.9. The van der Waals surface area contributed by atoms with Crippen LogP contribution in [0.4, 0.5) is 0 Å². The number of carbonyl (C=O) groups excluding carboxylic acids is 1. The van der Waals surface area contributed by atoms with Crippen LogP contribution >= 0.6 is 23.3 Å². The molecule has 0 aliphatic carbocycles. The molecule has 0 fully saturated rings. The fourth-order valence-corrected chi connectivity index (χ4v) is 3.84. The maximum Gasteiger partial charge on any atom is 0.193 e. The Morgan fingerprint density at radius 3 is 2.54 bits per heavy atom. The Bertz CT molecular complexity index is 788. The van der Waals surface area contributed by atoms with E-state index in [9.17, 15) is 4.79 Å². The summed E-state index contributed by atoms with van der Waals surface area (Å²) in [5, 5.41) is 2.03. The second-order valence-electron chi connectivity index (χ2n) is 5.09. The Kier molecular flexibility index (Phi) is 5.82. The van der Waals surface area contributed by atoms with Crippen molar-refractivity contribution < 1.29 is 9.53 Å². The van der Waals surface area contributed by atoms with E-state index in [4.69, 9.17) is 4.74 Å². The molecule has 24 heavy (non-hydrogen) atoms. The van der Waals surface area contributed by atoms with Crippen molar-refractivity contribution in [1.29, 1.82) is 0 Å². The van der Waals surface area contributed by atoms with E-state index in [1.165, 1.54) is 11.9 Å². The Morgan fingerprint density at radius 1 is 1.04 bits per heavy atom. The molecule has 1 N–H and O–H groups in total. The zero-order valence-corrected chi connectivity index (χ0v) is 14.8. The summed E-state index contributed by atoms with van der Waals surface area (Å²) in [5.41, 5.74) is 2.26. The van der Waals surface area contributed by atoms with Gasteiger partial charge in [0.2, 0.25) is 0 Å². The van der Waals surface area contributed by atoms with Gasteiger partial charge in [-0.15, -0.1) is 11.3 Å². The van der Waals surface area contributed by atoms with Gasteiger partial charge < -0.3 is 4.74 Å². The lowest BCUT2D eigenvalue weighted by Gasteiger charge is -2.17. The van der Waals surface area contributed by atoms with Crippen molar-refractivity contribution in [2.45, 2.75) is 10.4 Å². The van der Waals surface area contributed by atoms with Gasteiger partial charge in [0, 0.05) is 18.2 Å². The molecule has 1 atom stereocenters. The molecule has 0 amide bonds.